The summed E-state index contributed by atoms with van der Waals surface area (Å²) in [5.41, 5.74) is 0.636. The van der Waals surface area contributed by atoms with Crippen LogP contribution in [0.5, 0.6) is 5.75 Å². The Morgan fingerprint density at radius 1 is 1.44 bits per heavy atom. The number of carbonyl (C=O) groups is 1. The fourth-order valence-electron chi connectivity index (χ4n) is 1.46. The minimum Gasteiger partial charge on any atom is -0.505 e. The van der Waals surface area contributed by atoms with E-state index in [2.05, 4.69) is 15.0 Å². The molecule has 0 aliphatic carbocycles. The van der Waals surface area contributed by atoms with E-state index in [0.717, 1.165) is 0 Å². The molecule has 16 heavy (non-hydrogen) atoms. The van der Waals surface area contributed by atoms with Crippen LogP contribution in [0, 0.1) is 6.92 Å². The highest BCUT2D eigenvalue weighted by Gasteiger charge is 2.20. The molecule has 6 nitrogen and oxygen atoms in total. The van der Waals surface area contributed by atoms with Crippen LogP contribution >= 0.6 is 11.8 Å². The van der Waals surface area contributed by atoms with Gasteiger partial charge < -0.3 is 15.2 Å². The third kappa shape index (κ3) is 1.49. The Hall–Kier alpha value is -1.76. The first kappa shape index (κ1) is 10.7. The minimum absolute atomic E-state index is 0.187. The van der Waals surface area contributed by atoms with E-state index >= 15 is 0 Å². The Labute approximate surface area is 94.7 Å². The molecule has 0 saturated heterocycles. The van der Waals surface area contributed by atoms with Gasteiger partial charge in [-0.1, -0.05) is 11.8 Å². The molecule has 0 saturated carbocycles. The van der Waals surface area contributed by atoms with Crippen molar-refractivity contribution >= 4 is 28.9 Å². The molecule has 0 aliphatic heterocycles. The number of imidazole rings is 1. The van der Waals surface area contributed by atoms with Gasteiger partial charge in [0, 0.05) is 0 Å². The molecule has 2 aromatic heterocycles. The molecular weight excluding hydrogens is 230 g/mol. The van der Waals surface area contributed by atoms with Gasteiger partial charge in [0.1, 0.15) is 5.56 Å². The second-order valence-corrected chi connectivity index (χ2v) is 3.96. The molecule has 2 aromatic rings. The van der Waals surface area contributed by atoms with Crippen LogP contribution in [0.25, 0.3) is 11.2 Å². The van der Waals surface area contributed by atoms with E-state index in [0.29, 0.717) is 10.8 Å². The van der Waals surface area contributed by atoms with Crippen molar-refractivity contribution in [3.8, 4) is 5.75 Å². The summed E-state index contributed by atoms with van der Waals surface area (Å²) >= 11 is 1.36. The molecule has 2 heterocycles. The summed E-state index contributed by atoms with van der Waals surface area (Å²) < 4.78 is 0. The number of aromatic amines is 1. The lowest BCUT2D eigenvalue weighted by Crippen LogP contribution is -2.02. The largest absolute Gasteiger partial charge is 0.505 e. The Kier molecular flexibility index (Phi) is 2.47. The van der Waals surface area contributed by atoms with Crippen LogP contribution in [-0.2, 0) is 0 Å². The maximum atomic E-state index is 10.9. The molecule has 0 radical (unpaired) electrons. The zero-order valence-electron chi connectivity index (χ0n) is 8.61. The number of nitrogens with one attached hydrogen (secondary N) is 1. The van der Waals surface area contributed by atoms with Crippen LogP contribution in [0.1, 0.15) is 16.1 Å². The Balaban J connectivity index is 2.81. The molecule has 7 heteroatoms. The number of nitrogens with zero attached hydrogens (tertiary/aromatic N) is 2. The zero-order chi connectivity index (χ0) is 11.9. The predicted octanol–water partition coefficient (Wildman–Crippen LogP) is 1.39. The molecule has 0 amide bonds. The average molecular weight is 239 g/mol. The van der Waals surface area contributed by atoms with Gasteiger partial charge >= 0.3 is 5.97 Å². The zero-order valence-corrected chi connectivity index (χ0v) is 9.42. The number of hydrogen-bond acceptors (Lipinski definition) is 5. The summed E-state index contributed by atoms with van der Waals surface area (Å²) in [5, 5.41) is 19.3. The standard InChI is InChI=1S/C9H9N3O3S/c1-3-4(8(14)15)6(13)5-7(10-3)12-9(11-5)16-2/h1-2H3,(H,14,15)(H2,10,11,12,13). The normalized spacial score (nSPS) is 10.9. The van der Waals surface area contributed by atoms with Crippen molar-refractivity contribution in [2.24, 2.45) is 0 Å². The second kappa shape index (κ2) is 3.67. The lowest BCUT2D eigenvalue weighted by atomic mass is 10.2. The SMILES string of the molecule is CSc1nc2c(O)c(C(=O)O)c(C)nc2[nH]1. The van der Waals surface area contributed by atoms with Crippen LogP contribution in [0.3, 0.4) is 0 Å². The van der Waals surface area contributed by atoms with Gasteiger partial charge in [-0.25, -0.2) is 14.8 Å². The van der Waals surface area contributed by atoms with E-state index < -0.39 is 5.97 Å². The van der Waals surface area contributed by atoms with E-state index in [1.807, 2.05) is 6.26 Å². The van der Waals surface area contributed by atoms with Crippen LogP contribution in [-0.4, -0.2) is 37.4 Å². The molecular formula is C9H9N3O3S. The van der Waals surface area contributed by atoms with E-state index in [1.165, 1.54) is 18.7 Å². The van der Waals surface area contributed by atoms with Crippen molar-refractivity contribution < 1.29 is 15.0 Å². The first-order valence-electron chi connectivity index (χ1n) is 4.41. The first-order valence-corrected chi connectivity index (χ1v) is 5.63. The number of H-pyrrole nitrogens is 1. The fourth-order valence-corrected chi connectivity index (χ4v) is 1.84. The Morgan fingerprint density at radius 3 is 2.69 bits per heavy atom. The highest BCUT2D eigenvalue weighted by molar-refractivity contribution is 7.98. The van der Waals surface area contributed by atoms with Crippen molar-refractivity contribution in [2.75, 3.05) is 6.26 Å². The summed E-state index contributed by atoms with van der Waals surface area (Å²) in [4.78, 5) is 21.9. The number of carboxylic acid groups (broad SMARTS) is 1. The van der Waals surface area contributed by atoms with E-state index in [9.17, 15) is 9.90 Å². The van der Waals surface area contributed by atoms with Crippen molar-refractivity contribution in [3.63, 3.8) is 0 Å². The summed E-state index contributed by atoms with van der Waals surface area (Å²) in [6, 6.07) is 0. The highest BCUT2D eigenvalue weighted by atomic mass is 32.2. The van der Waals surface area contributed by atoms with Crippen LogP contribution in [0.2, 0.25) is 0 Å². The molecule has 2 rings (SSSR count). The lowest BCUT2D eigenvalue weighted by molar-refractivity contribution is 0.0692. The van der Waals surface area contributed by atoms with Gasteiger partial charge in [0.15, 0.2) is 22.1 Å². The topological polar surface area (TPSA) is 99.1 Å². The Bertz CT molecular complexity index is 579. The van der Waals surface area contributed by atoms with Crippen LogP contribution in [0.15, 0.2) is 5.16 Å². The van der Waals surface area contributed by atoms with Gasteiger partial charge in [0.25, 0.3) is 0 Å². The van der Waals surface area contributed by atoms with E-state index in [-0.39, 0.29) is 22.5 Å². The number of carboxylic acids is 1. The van der Waals surface area contributed by atoms with E-state index in [1.54, 1.807) is 0 Å². The van der Waals surface area contributed by atoms with Crippen molar-refractivity contribution in [3.05, 3.63) is 11.3 Å². The molecule has 0 spiro atoms. The Morgan fingerprint density at radius 2 is 2.12 bits per heavy atom. The molecule has 0 aliphatic rings. The molecule has 84 valence electrons. The number of rotatable bonds is 2. The number of aromatic carboxylic acids is 1. The molecule has 0 unspecified atom stereocenters. The van der Waals surface area contributed by atoms with Crippen molar-refractivity contribution in [1.29, 1.82) is 0 Å². The smallest absolute Gasteiger partial charge is 0.341 e. The third-order valence-corrected chi connectivity index (χ3v) is 2.75. The van der Waals surface area contributed by atoms with Gasteiger partial charge in [0.2, 0.25) is 0 Å². The van der Waals surface area contributed by atoms with Gasteiger partial charge in [-0.2, -0.15) is 0 Å². The lowest BCUT2D eigenvalue weighted by Gasteiger charge is -2.02. The number of fused-ring (bicyclic) bond motifs is 1. The number of aromatic nitrogens is 3. The van der Waals surface area contributed by atoms with Gasteiger partial charge in [-0.15, -0.1) is 0 Å². The fraction of sp³-hybridized carbons (Fsp3) is 0.222. The number of aryl methyl sites for hydroxylation is 1. The average Bonchev–Trinajstić information content (AvgIpc) is 2.60. The summed E-state index contributed by atoms with van der Waals surface area (Å²) in [6.07, 6.45) is 1.82. The van der Waals surface area contributed by atoms with E-state index in [4.69, 9.17) is 5.11 Å². The number of pyridine rings is 1. The minimum atomic E-state index is -1.21. The maximum Gasteiger partial charge on any atom is 0.341 e. The summed E-state index contributed by atoms with van der Waals surface area (Å²) in [5.74, 6) is -1.55. The van der Waals surface area contributed by atoms with Crippen LogP contribution < -0.4 is 0 Å². The third-order valence-electron chi connectivity index (χ3n) is 2.17. The predicted molar refractivity (Wildman–Crippen MR) is 59.0 cm³/mol. The van der Waals surface area contributed by atoms with Gasteiger partial charge in [-0.05, 0) is 13.2 Å². The second-order valence-electron chi connectivity index (χ2n) is 3.17. The van der Waals surface area contributed by atoms with Gasteiger partial charge in [-0.3, -0.25) is 0 Å². The quantitative estimate of drug-likeness (QED) is 0.685. The number of aromatic hydroxyl groups is 1. The molecule has 3 N–H and O–H groups in total. The number of thioether (sulfide) groups is 1. The molecule has 0 aromatic carbocycles. The monoisotopic (exact) mass is 239 g/mol. The molecule has 0 bridgehead atoms. The highest BCUT2D eigenvalue weighted by Crippen LogP contribution is 2.29. The van der Waals surface area contributed by atoms with Crippen molar-refractivity contribution in [1.82, 2.24) is 15.0 Å². The van der Waals surface area contributed by atoms with Crippen LogP contribution in [0.4, 0.5) is 0 Å². The molecule has 0 fully saturated rings. The molecule has 0 atom stereocenters. The number of hydrogen-bond donors (Lipinski definition) is 3. The van der Waals surface area contributed by atoms with Gasteiger partial charge in [0.05, 0.1) is 5.69 Å². The summed E-state index contributed by atoms with van der Waals surface area (Å²) in [7, 11) is 0. The van der Waals surface area contributed by atoms with Crippen molar-refractivity contribution in [2.45, 2.75) is 12.1 Å². The first-order chi connectivity index (χ1) is 7.54. The summed E-state index contributed by atoms with van der Waals surface area (Å²) in [6.45, 7) is 1.53. The maximum absolute atomic E-state index is 10.9.